The number of benzene rings is 3. The lowest BCUT2D eigenvalue weighted by Gasteiger charge is -2.35. The van der Waals surface area contributed by atoms with E-state index in [1.54, 1.807) is 0 Å². The van der Waals surface area contributed by atoms with Crippen molar-refractivity contribution in [3.63, 3.8) is 0 Å². The van der Waals surface area contributed by atoms with E-state index in [1.165, 1.54) is 23.4 Å². The van der Waals surface area contributed by atoms with Crippen molar-refractivity contribution in [2.45, 2.75) is 11.8 Å². The first-order valence-electron chi connectivity index (χ1n) is 12.6. The summed E-state index contributed by atoms with van der Waals surface area (Å²) in [7, 11) is -3.65. The number of carbonyl (C=O) groups excluding carboxylic acids is 1. The van der Waals surface area contributed by atoms with E-state index >= 15 is 0 Å². The molecule has 39 heavy (non-hydrogen) atoms. The maximum Gasteiger partial charge on any atom is 0.243 e. The molecule has 0 atom stereocenters. The van der Waals surface area contributed by atoms with Crippen molar-refractivity contribution in [2.24, 2.45) is 4.99 Å². The molecule has 0 aliphatic carbocycles. The summed E-state index contributed by atoms with van der Waals surface area (Å²) >= 11 is 0. The lowest BCUT2D eigenvalue weighted by molar-refractivity contribution is -0.114. The van der Waals surface area contributed by atoms with Gasteiger partial charge in [0.15, 0.2) is 0 Å². The molecule has 0 unspecified atom stereocenters. The Bertz CT molecular complexity index is 1500. The molecule has 9 nitrogen and oxygen atoms in total. The van der Waals surface area contributed by atoms with Gasteiger partial charge in [-0.2, -0.15) is 4.31 Å². The van der Waals surface area contributed by atoms with E-state index in [2.05, 4.69) is 25.8 Å². The molecule has 3 aromatic carbocycles. The van der Waals surface area contributed by atoms with Crippen LogP contribution in [0.2, 0.25) is 0 Å². The minimum absolute atomic E-state index is 0.104. The van der Waals surface area contributed by atoms with E-state index in [0.29, 0.717) is 38.7 Å². The number of anilines is 3. The summed E-state index contributed by atoms with van der Waals surface area (Å²) in [5.74, 6) is 0.0525. The number of amides is 1. The number of hydrogen-bond acceptors (Lipinski definition) is 7. The Kier molecular flexibility index (Phi) is 7.62. The average Bonchev–Trinajstić information content (AvgIpc) is 2.94. The number of guanidine groups is 1. The lowest BCUT2D eigenvalue weighted by Crippen LogP contribution is -2.48. The predicted molar refractivity (Wildman–Crippen MR) is 152 cm³/mol. The van der Waals surface area contributed by atoms with Crippen molar-refractivity contribution < 1.29 is 17.6 Å². The van der Waals surface area contributed by atoms with Crippen LogP contribution < -0.4 is 20.9 Å². The number of aliphatic imine (C=N–C) groups is 1. The van der Waals surface area contributed by atoms with Crippen molar-refractivity contribution in [1.29, 1.82) is 0 Å². The van der Waals surface area contributed by atoms with Crippen LogP contribution in [-0.4, -0.2) is 57.3 Å². The Morgan fingerprint density at radius 2 is 1.54 bits per heavy atom. The Morgan fingerprint density at radius 3 is 2.18 bits per heavy atom. The van der Waals surface area contributed by atoms with Crippen LogP contribution in [-0.2, 0) is 14.8 Å². The first kappa shape index (κ1) is 26.4. The molecule has 0 aromatic heterocycles. The molecular weight excluding hydrogens is 519 g/mol. The smallest absolute Gasteiger partial charge is 0.243 e. The molecule has 5 rings (SSSR count). The summed E-state index contributed by atoms with van der Waals surface area (Å²) < 4.78 is 40.4. The van der Waals surface area contributed by atoms with Crippen molar-refractivity contribution in [1.82, 2.24) is 9.62 Å². The summed E-state index contributed by atoms with van der Waals surface area (Å²) in [6.07, 6.45) is 2.00. The van der Waals surface area contributed by atoms with Crippen molar-refractivity contribution in [3.8, 4) is 0 Å². The highest BCUT2D eigenvalue weighted by molar-refractivity contribution is 7.89. The van der Waals surface area contributed by atoms with Crippen molar-refractivity contribution in [2.75, 3.05) is 48.3 Å². The maximum absolute atomic E-state index is 13.2. The molecule has 0 bridgehead atoms. The van der Waals surface area contributed by atoms with Gasteiger partial charge in [0.05, 0.1) is 10.6 Å². The fraction of sp³-hybridized carbons (Fsp3) is 0.214. The third kappa shape index (κ3) is 6.27. The molecule has 0 radical (unpaired) electrons. The number of piperazine rings is 1. The van der Waals surface area contributed by atoms with Crippen LogP contribution in [0.1, 0.15) is 12.5 Å². The summed E-state index contributed by atoms with van der Waals surface area (Å²) in [5.41, 5.74) is 4.37. The second-order valence-electron chi connectivity index (χ2n) is 9.21. The number of carbonyl (C=O) groups is 1. The third-order valence-electron chi connectivity index (χ3n) is 6.48. The Morgan fingerprint density at radius 1 is 0.897 bits per heavy atom. The van der Waals surface area contributed by atoms with Crippen LogP contribution in [0, 0.1) is 5.82 Å². The lowest BCUT2D eigenvalue weighted by atomic mass is 10.1. The first-order valence-corrected chi connectivity index (χ1v) is 14.0. The monoisotopic (exact) mass is 548 g/mol. The second-order valence-corrected chi connectivity index (χ2v) is 11.1. The zero-order valence-electron chi connectivity index (χ0n) is 21.4. The van der Waals surface area contributed by atoms with Crippen molar-refractivity contribution in [3.05, 3.63) is 90.3 Å². The second kappa shape index (κ2) is 11.3. The molecule has 2 aliphatic rings. The number of sulfonamides is 1. The van der Waals surface area contributed by atoms with Crippen LogP contribution in [0.4, 0.5) is 21.5 Å². The van der Waals surface area contributed by atoms with Crippen LogP contribution in [0.5, 0.6) is 0 Å². The average molecular weight is 549 g/mol. The Hall–Kier alpha value is -4.22. The van der Waals surface area contributed by atoms with E-state index in [0.717, 1.165) is 40.5 Å². The van der Waals surface area contributed by atoms with Crippen molar-refractivity contribution >= 4 is 44.6 Å². The predicted octanol–water partition coefficient (Wildman–Crippen LogP) is 3.71. The summed E-state index contributed by atoms with van der Waals surface area (Å²) in [4.78, 5) is 18.2. The Labute approximate surface area is 227 Å². The van der Waals surface area contributed by atoms with Gasteiger partial charge in [0.2, 0.25) is 21.9 Å². The maximum atomic E-state index is 13.2. The SMILES string of the molecule is CC(=O)Nc1ccc(C2=CCNC(Nc3ccc(N4CCN(S(=O)(=O)c5ccc(F)cc5)CC4)cc3)=N2)cc1. The molecule has 1 saturated heterocycles. The molecule has 3 N–H and O–H groups in total. The normalized spacial score (nSPS) is 16.1. The largest absolute Gasteiger partial charge is 0.369 e. The third-order valence-corrected chi connectivity index (χ3v) is 8.40. The van der Waals surface area contributed by atoms with Crippen LogP contribution in [0.25, 0.3) is 5.70 Å². The molecule has 2 heterocycles. The van der Waals surface area contributed by atoms with Gasteiger partial charge >= 0.3 is 0 Å². The van der Waals surface area contributed by atoms with Gasteiger partial charge in [0, 0.05) is 62.3 Å². The summed E-state index contributed by atoms with van der Waals surface area (Å²) in [6, 6.07) is 20.4. The summed E-state index contributed by atoms with van der Waals surface area (Å²) in [6.45, 7) is 3.90. The van der Waals surface area contributed by atoms with E-state index in [1.807, 2.05) is 54.6 Å². The number of nitrogens with one attached hydrogen (secondary N) is 3. The van der Waals surface area contributed by atoms with Gasteiger partial charge in [-0.05, 0) is 66.7 Å². The number of nitrogens with zero attached hydrogens (tertiary/aromatic N) is 3. The number of halogens is 1. The molecule has 2 aliphatic heterocycles. The molecule has 0 spiro atoms. The van der Waals surface area contributed by atoms with Crippen LogP contribution >= 0.6 is 0 Å². The van der Waals surface area contributed by atoms with E-state index in [4.69, 9.17) is 0 Å². The van der Waals surface area contributed by atoms with Gasteiger partial charge in [0.25, 0.3) is 0 Å². The van der Waals surface area contributed by atoms with Gasteiger partial charge < -0.3 is 20.9 Å². The zero-order chi connectivity index (χ0) is 27.4. The number of hydrogen-bond donors (Lipinski definition) is 3. The zero-order valence-corrected chi connectivity index (χ0v) is 22.2. The molecule has 0 saturated carbocycles. The van der Waals surface area contributed by atoms with Crippen LogP contribution in [0.15, 0.2) is 88.8 Å². The summed E-state index contributed by atoms with van der Waals surface area (Å²) in [5, 5.41) is 9.29. The molecule has 1 amide bonds. The van der Waals surface area contributed by atoms with Crippen LogP contribution in [0.3, 0.4) is 0 Å². The molecule has 3 aromatic rings. The standard InChI is InChI=1S/C28H29FN6O3S/c1-20(36)31-23-6-2-21(3-7-23)27-14-15-30-28(33-27)32-24-8-10-25(11-9-24)34-16-18-35(19-17-34)39(37,38)26-12-4-22(29)5-13-26/h2-14H,15-19H2,1H3,(H,31,36)(H2,30,32,33). The highest BCUT2D eigenvalue weighted by Crippen LogP contribution is 2.24. The molecule has 1 fully saturated rings. The minimum Gasteiger partial charge on any atom is -0.369 e. The Balaban J connectivity index is 1.18. The van der Waals surface area contributed by atoms with Gasteiger partial charge in [-0.1, -0.05) is 12.1 Å². The highest BCUT2D eigenvalue weighted by atomic mass is 32.2. The fourth-order valence-corrected chi connectivity index (χ4v) is 5.89. The minimum atomic E-state index is -3.65. The van der Waals surface area contributed by atoms with Gasteiger partial charge in [-0.25, -0.2) is 17.8 Å². The molecule has 202 valence electrons. The van der Waals surface area contributed by atoms with E-state index in [9.17, 15) is 17.6 Å². The molecular formula is C28H29FN6O3S. The first-order chi connectivity index (χ1) is 18.8. The van der Waals surface area contributed by atoms with E-state index < -0.39 is 15.8 Å². The van der Waals surface area contributed by atoms with Gasteiger partial charge in [-0.15, -0.1) is 0 Å². The quantitative estimate of drug-likeness (QED) is 0.434. The van der Waals surface area contributed by atoms with Gasteiger partial charge in [0.1, 0.15) is 5.82 Å². The highest BCUT2D eigenvalue weighted by Gasteiger charge is 2.28. The van der Waals surface area contributed by atoms with Gasteiger partial charge in [-0.3, -0.25) is 4.79 Å². The number of rotatable bonds is 6. The molecule has 11 heteroatoms. The fourth-order valence-electron chi connectivity index (χ4n) is 4.47. The van der Waals surface area contributed by atoms with E-state index in [-0.39, 0.29) is 10.8 Å². The topological polar surface area (TPSA) is 106 Å².